The predicted molar refractivity (Wildman–Crippen MR) is 199 cm³/mol. The summed E-state index contributed by atoms with van der Waals surface area (Å²) in [5, 5.41) is 0. The molecule has 0 heteroatoms. The normalized spacial score (nSPS) is 43.0. The largest absolute Gasteiger partial charge is 0.0623 e. The molecule has 0 aliphatic heterocycles. The van der Waals surface area contributed by atoms with Gasteiger partial charge >= 0.3 is 0 Å². The third-order valence-electron chi connectivity index (χ3n) is 17.3. The summed E-state index contributed by atoms with van der Waals surface area (Å²) in [5.41, 5.74) is 16.7. The Bertz CT molecular complexity index is 1620. The molecule has 0 radical (unpaired) electrons. The van der Waals surface area contributed by atoms with Gasteiger partial charge in [-0.15, -0.1) is 0 Å². The summed E-state index contributed by atoms with van der Waals surface area (Å²) in [6.45, 7) is 12.5. The molecule has 2 aromatic rings. The Morgan fingerprint density at radius 1 is 0.625 bits per heavy atom. The number of allylic oxidation sites excluding steroid dienone is 4. The predicted octanol–water partition coefficient (Wildman–Crippen LogP) is 12.8. The van der Waals surface area contributed by atoms with E-state index in [0.717, 1.165) is 35.5 Å². The summed E-state index contributed by atoms with van der Waals surface area (Å²) in [5.74, 6) is 7.03. The average Bonchev–Trinajstić information content (AvgIpc) is 3.70. The molecule has 8 fully saturated rings. The van der Waals surface area contributed by atoms with Crippen LogP contribution in [0.2, 0.25) is 0 Å². The van der Waals surface area contributed by atoms with Gasteiger partial charge in [-0.2, -0.15) is 0 Å². The SMILES string of the molecule is CC(C)C1(C2c3ccc(C45CC6CC(CC(C6)C4)C5)cc3-c3cc(C45CC6CC(CC(C6)C4)C5)ccc32)CCC2=C1C=C(C(C)(C)C)C2. The molecule has 48 heavy (non-hydrogen) atoms. The van der Waals surface area contributed by atoms with Crippen molar-refractivity contribution in [3.05, 3.63) is 81.4 Å². The molecule has 8 saturated carbocycles. The van der Waals surface area contributed by atoms with E-state index in [1.54, 1.807) is 50.1 Å². The molecule has 1 atom stereocenters. The van der Waals surface area contributed by atoms with Crippen molar-refractivity contribution in [2.24, 2.45) is 52.3 Å². The van der Waals surface area contributed by atoms with Crippen LogP contribution in [0, 0.1) is 52.3 Å². The van der Waals surface area contributed by atoms with Crippen LogP contribution in [-0.4, -0.2) is 0 Å². The zero-order chi connectivity index (χ0) is 32.4. The molecular formula is C48H60. The van der Waals surface area contributed by atoms with Gasteiger partial charge < -0.3 is 0 Å². The van der Waals surface area contributed by atoms with Crippen LogP contribution in [0.1, 0.15) is 159 Å². The number of hydrogen-bond donors (Lipinski definition) is 0. The Morgan fingerprint density at radius 2 is 1.06 bits per heavy atom. The van der Waals surface area contributed by atoms with Gasteiger partial charge in [-0.05, 0) is 193 Å². The van der Waals surface area contributed by atoms with Crippen molar-refractivity contribution in [3.63, 3.8) is 0 Å². The molecule has 0 nitrogen and oxygen atoms in total. The molecule has 13 rings (SSSR count). The fourth-order valence-corrected chi connectivity index (χ4v) is 15.9. The Labute approximate surface area is 291 Å². The Kier molecular flexibility index (Phi) is 5.94. The van der Waals surface area contributed by atoms with E-state index in [-0.39, 0.29) is 10.8 Å². The quantitative estimate of drug-likeness (QED) is 0.313. The van der Waals surface area contributed by atoms with Crippen molar-refractivity contribution in [2.45, 2.75) is 148 Å². The second-order valence-electron chi connectivity index (χ2n) is 21.2. The molecule has 1 unspecified atom stereocenters. The minimum atomic E-state index is 0.187. The number of fused-ring (bicyclic) bond motifs is 3. The monoisotopic (exact) mass is 636 g/mol. The second-order valence-corrected chi connectivity index (χ2v) is 21.2. The standard InChI is InChI=1S/C48H60/c1-28(2)48(11-10-35-18-38(21-43(35)48)45(3,4)5)44-39-8-6-36(46-22-29-12-30(23-46)14-31(13-29)24-46)19-41(39)42-20-37(7-9-40(42)44)47-25-32-15-33(26-47)17-34(16-32)27-47/h6-9,19-21,28-34,44H,10-18,22-27H2,1-5H3. The number of hydrogen-bond acceptors (Lipinski definition) is 0. The third-order valence-corrected chi connectivity index (χ3v) is 17.3. The van der Waals surface area contributed by atoms with Crippen LogP contribution in [0.25, 0.3) is 11.1 Å². The maximum absolute atomic E-state index is 2.83. The van der Waals surface area contributed by atoms with Crippen LogP contribution < -0.4 is 0 Å². The molecular weight excluding hydrogens is 577 g/mol. The van der Waals surface area contributed by atoms with Crippen molar-refractivity contribution in [1.82, 2.24) is 0 Å². The molecule has 0 heterocycles. The Morgan fingerprint density at radius 3 is 1.46 bits per heavy atom. The first kappa shape index (κ1) is 29.6. The van der Waals surface area contributed by atoms with E-state index in [1.165, 1.54) is 96.3 Å². The van der Waals surface area contributed by atoms with Crippen molar-refractivity contribution >= 4 is 0 Å². The van der Waals surface area contributed by atoms with Crippen molar-refractivity contribution in [2.75, 3.05) is 0 Å². The van der Waals surface area contributed by atoms with Crippen LogP contribution >= 0.6 is 0 Å². The number of benzene rings is 2. The lowest BCUT2D eigenvalue weighted by Gasteiger charge is -2.57. The maximum atomic E-state index is 2.83. The first-order valence-corrected chi connectivity index (χ1v) is 20.7. The first-order valence-electron chi connectivity index (χ1n) is 20.7. The summed E-state index contributed by atoms with van der Waals surface area (Å²) in [6.07, 6.45) is 24.5. The molecule has 0 N–H and O–H groups in total. The summed E-state index contributed by atoms with van der Waals surface area (Å²) in [7, 11) is 0. The summed E-state index contributed by atoms with van der Waals surface area (Å²) in [6, 6.07) is 16.5. The van der Waals surface area contributed by atoms with Gasteiger partial charge in [0.25, 0.3) is 0 Å². The fourth-order valence-electron chi connectivity index (χ4n) is 15.9. The maximum Gasteiger partial charge on any atom is 0.0201 e. The van der Waals surface area contributed by atoms with Crippen molar-refractivity contribution < 1.29 is 0 Å². The lowest BCUT2D eigenvalue weighted by Crippen LogP contribution is -2.48. The van der Waals surface area contributed by atoms with Crippen LogP contribution in [0.15, 0.2) is 59.2 Å². The molecule has 0 amide bonds. The summed E-state index contributed by atoms with van der Waals surface area (Å²) in [4.78, 5) is 0. The highest BCUT2D eigenvalue weighted by molar-refractivity contribution is 5.82. The minimum absolute atomic E-state index is 0.187. The molecule has 8 bridgehead atoms. The number of rotatable bonds is 4. The highest BCUT2D eigenvalue weighted by Crippen LogP contribution is 2.68. The van der Waals surface area contributed by atoms with Gasteiger partial charge in [-0.25, -0.2) is 0 Å². The van der Waals surface area contributed by atoms with Gasteiger partial charge in [-0.3, -0.25) is 0 Å². The van der Waals surface area contributed by atoms with Crippen molar-refractivity contribution in [3.8, 4) is 11.1 Å². The van der Waals surface area contributed by atoms with Crippen LogP contribution in [-0.2, 0) is 10.8 Å². The molecule has 0 spiro atoms. The smallest absolute Gasteiger partial charge is 0.0201 e. The van der Waals surface area contributed by atoms with E-state index >= 15 is 0 Å². The van der Waals surface area contributed by atoms with Crippen LogP contribution in [0.4, 0.5) is 0 Å². The Balaban J connectivity index is 1.09. The van der Waals surface area contributed by atoms with Crippen molar-refractivity contribution in [1.29, 1.82) is 0 Å². The molecule has 2 aromatic carbocycles. The minimum Gasteiger partial charge on any atom is -0.0623 e. The fraction of sp³-hybridized carbons (Fsp3) is 0.667. The highest BCUT2D eigenvalue weighted by Gasteiger charge is 2.56. The van der Waals surface area contributed by atoms with E-state index in [4.69, 9.17) is 0 Å². The second kappa shape index (κ2) is 9.62. The van der Waals surface area contributed by atoms with Gasteiger partial charge in [0.15, 0.2) is 0 Å². The summed E-state index contributed by atoms with van der Waals surface area (Å²) >= 11 is 0. The van der Waals surface area contributed by atoms with Crippen LogP contribution in [0.3, 0.4) is 0 Å². The van der Waals surface area contributed by atoms with E-state index in [2.05, 4.69) is 77.1 Å². The zero-order valence-electron chi connectivity index (χ0n) is 30.8. The Hall–Kier alpha value is -2.08. The molecule has 11 aliphatic rings. The van der Waals surface area contributed by atoms with Crippen LogP contribution in [0.5, 0.6) is 0 Å². The average molecular weight is 637 g/mol. The zero-order valence-corrected chi connectivity index (χ0v) is 30.8. The third kappa shape index (κ3) is 3.91. The lowest BCUT2D eigenvalue weighted by atomic mass is 9.48. The van der Waals surface area contributed by atoms with E-state index < -0.39 is 0 Å². The molecule has 11 aliphatic carbocycles. The van der Waals surface area contributed by atoms with Gasteiger partial charge in [0.05, 0.1) is 0 Å². The lowest BCUT2D eigenvalue weighted by molar-refractivity contribution is -0.00534. The molecule has 0 saturated heterocycles. The van der Waals surface area contributed by atoms with Gasteiger partial charge in [-0.1, -0.05) is 88.2 Å². The van der Waals surface area contributed by atoms with E-state index in [9.17, 15) is 0 Å². The van der Waals surface area contributed by atoms with E-state index in [1.807, 2.05) is 0 Å². The first-order chi connectivity index (χ1) is 23.0. The van der Waals surface area contributed by atoms with Gasteiger partial charge in [0, 0.05) is 11.3 Å². The van der Waals surface area contributed by atoms with Gasteiger partial charge in [0.2, 0.25) is 0 Å². The molecule has 0 aromatic heterocycles. The molecule has 252 valence electrons. The topological polar surface area (TPSA) is 0 Å². The van der Waals surface area contributed by atoms with Gasteiger partial charge in [0.1, 0.15) is 0 Å². The highest BCUT2D eigenvalue weighted by atomic mass is 14.6. The van der Waals surface area contributed by atoms with E-state index in [0.29, 0.717) is 22.7 Å². The summed E-state index contributed by atoms with van der Waals surface area (Å²) < 4.78 is 0.